The highest BCUT2D eigenvalue weighted by molar-refractivity contribution is 5.95. The average molecular weight is 198 g/mol. The Morgan fingerprint density at radius 2 is 2.00 bits per heavy atom. The van der Waals surface area contributed by atoms with Gasteiger partial charge in [-0.05, 0) is 12.8 Å². The zero-order valence-electron chi connectivity index (χ0n) is 8.80. The van der Waals surface area contributed by atoms with E-state index in [1.165, 1.54) is 0 Å². The van der Waals surface area contributed by atoms with Crippen LogP contribution in [0.1, 0.15) is 33.1 Å². The Labute approximate surface area is 84.5 Å². The van der Waals surface area contributed by atoms with Crippen LogP contribution in [-0.4, -0.2) is 18.4 Å². The van der Waals surface area contributed by atoms with Crippen molar-refractivity contribution in [2.75, 3.05) is 6.54 Å². The molecule has 0 heterocycles. The summed E-state index contributed by atoms with van der Waals surface area (Å²) in [7, 11) is 0. The van der Waals surface area contributed by atoms with Crippen LogP contribution in [0.2, 0.25) is 0 Å². The van der Waals surface area contributed by atoms with Crippen LogP contribution in [0.4, 0.5) is 0 Å². The lowest BCUT2D eigenvalue weighted by Crippen LogP contribution is -2.34. The molecule has 4 nitrogen and oxygen atoms in total. The topological polar surface area (TPSA) is 72.2 Å². The number of hydrogen-bond donors (Lipinski definition) is 2. The summed E-state index contributed by atoms with van der Waals surface area (Å²) < 4.78 is 0. The van der Waals surface area contributed by atoms with Crippen molar-refractivity contribution in [2.45, 2.75) is 33.1 Å². The van der Waals surface area contributed by atoms with Gasteiger partial charge in [-0.3, -0.25) is 9.59 Å². The highest BCUT2D eigenvalue weighted by atomic mass is 16.2. The molecule has 3 N–H and O–H groups in total. The summed E-state index contributed by atoms with van der Waals surface area (Å²) in [5, 5.41) is 2.47. The first-order valence-corrected chi connectivity index (χ1v) is 4.87. The van der Waals surface area contributed by atoms with Gasteiger partial charge in [-0.1, -0.05) is 26.3 Å². The summed E-state index contributed by atoms with van der Waals surface area (Å²) in [6, 6.07) is 0. The Morgan fingerprint density at radius 1 is 1.36 bits per heavy atom. The van der Waals surface area contributed by atoms with Crippen LogP contribution in [0.25, 0.3) is 0 Å². The maximum atomic E-state index is 11.4. The standard InChI is InChI=1S/C10H18N2O2/c1-3-5-8(6-4-2)10(14)12-7-9(11)13/h5H,3-4,6-7H2,1-2H3,(H2,11,13)(H,12,14)/b8-5+. The van der Waals surface area contributed by atoms with Gasteiger partial charge in [-0.15, -0.1) is 0 Å². The minimum Gasteiger partial charge on any atom is -0.368 e. The minimum absolute atomic E-state index is 0.0936. The molecule has 0 aromatic rings. The molecule has 0 aliphatic heterocycles. The van der Waals surface area contributed by atoms with Gasteiger partial charge in [0.2, 0.25) is 11.8 Å². The van der Waals surface area contributed by atoms with Crippen molar-refractivity contribution < 1.29 is 9.59 Å². The molecule has 0 rings (SSSR count). The van der Waals surface area contributed by atoms with E-state index >= 15 is 0 Å². The summed E-state index contributed by atoms with van der Waals surface area (Å²) in [6.45, 7) is 3.88. The third kappa shape index (κ3) is 5.35. The number of hydrogen-bond acceptors (Lipinski definition) is 2. The molecule has 0 spiro atoms. The summed E-state index contributed by atoms with van der Waals surface area (Å²) in [5.74, 6) is -0.710. The molecule has 0 bridgehead atoms. The summed E-state index contributed by atoms with van der Waals surface area (Å²) in [5.41, 5.74) is 5.65. The SMILES string of the molecule is CC/C=C(\CCC)C(=O)NCC(N)=O. The number of carbonyl (C=O) groups excluding carboxylic acids is 2. The Morgan fingerprint density at radius 3 is 2.43 bits per heavy atom. The first-order valence-electron chi connectivity index (χ1n) is 4.87. The van der Waals surface area contributed by atoms with Crippen molar-refractivity contribution in [3.05, 3.63) is 11.6 Å². The molecule has 2 amide bonds. The van der Waals surface area contributed by atoms with Crippen molar-refractivity contribution in [1.29, 1.82) is 0 Å². The summed E-state index contributed by atoms with van der Waals surface area (Å²) in [4.78, 5) is 21.9. The molecule has 0 fully saturated rings. The smallest absolute Gasteiger partial charge is 0.247 e. The van der Waals surface area contributed by atoms with Crippen LogP contribution >= 0.6 is 0 Å². The Kier molecular flexibility index (Phi) is 6.45. The molecule has 14 heavy (non-hydrogen) atoms. The second kappa shape index (κ2) is 7.12. The van der Waals surface area contributed by atoms with Crippen molar-refractivity contribution in [3.63, 3.8) is 0 Å². The Balaban J connectivity index is 4.15. The van der Waals surface area contributed by atoms with E-state index in [2.05, 4.69) is 5.32 Å². The zero-order chi connectivity index (χ0) is 11.0. The zero-order valence-corrected chi connectivity index (χ0v) is 8.80. The second-order valence-electron chi connectivity index (χ2n) is 3.04. The van der Waals surface area contributed by atoms with E-state index in [9.17, 15) is 9.59 Å². The van der Waals surface area contributed by atoms with Gasteiger partial charge in [-0.25, -0.2) is 0 Å². The first-order chi connectivity index (χ1) is 6.61. The number of nitrogens with two attached hydrogens (primary N) is 1. The minimum atomic E-state index is -0.523. The number of amides is 2. The Hall–Kier alpha value is -1.32. The van der Waals surface area contributed by atoms with E-state index in [0.717, 1.165) is 24.8 Å². The second-order valence-corrected chi connectivity index (χ2v) is 3.04. The lowest BCUT2D eigenvalue weighted by atomic mass is 10.1. The molecule has 0 saturated heterocycles. The number of carbonyl (C=O) groups is 2. The fourth-order valence-corrected chi connectivity index (χ4v) is 1.10. The van der Waals surface area contributed by atoms with E-state index in [4.69, 9.17) is 5.73 Å². The fourth-order valence-electron chi connectivity index (χ4n) is 1.10. The molecule has 0 unspecified atom stereocenters. The molecule has 0 aliphatic carbocycles. The van der Waals surface area contributed by atoms with Crippen LogP contribution < -0.4 is 11.1 Å². The van der Waals surface area contributed by atoms with Crippen LogP contribution in [0.15, 0.2) is 11.6 Å². The van der Waals surface area contributed by atoms with E-state index in [1.54, 1.807) is 0 Å². The van der Waals surface area contributed by atoms with Crippen molar-refractivity contribution >= 4 is 11.8 Å². The van der Waals surface area contributed by atoms with Crippen LogP contribution in [0.5, 0.6) is 0 Å². The van der Waals surface area contributed by atoms with Gasteiger partial charge >= 0.3 is 0 Å². The highest BCUT2D eigenvalue weighted by Crippen LogP contribution is 2.05. The maximum Gasteiger partial charge on any atom is 0.247 e. The third-order valence-electron chi connectivity index (χ3n) is 1.68. The summed E-state index contributed by atoms with van der Waals surface area (Å²) in [6.07, 6.45) is 4.34. The van der Waals surface area contributed by atoms with Crippen LogP contribution in [-0.2, 0) is 9.59 Å². The largest absolute Gasteiger partial charge is 0.368 e. The molecule has 0 saturated carbocycles. The lowest BCUT2D eigenvalue weighted by Gasteiger charge is -2.05. The number of nitrogens with one attached hydrogen (secondary N) is 1. The predicted octanol–water partition coefficient (Wildman–Crippen LogP) is 0.724. The number of allylic oxidation sites excluding steroid dienone is 1. The van der Waals surface area contributed by atoms with E-state index in [1.807, 2.05) is 19.9 Å². The average Bonchev–Trinajstić information content (AvgIpc) is 2.14. The van der Waals surface area contributed by atoms with Crippen molar-refractivity contribution in [2.24, 2.45) is 5.73 Å². The maximum absolute atomic E-state index is 11.4. The molecule has 80 valence electrons. The third-order valence-corrected chi connectivity index (χ3v) is 1.68. The number of primary amides is 1. The lowest BCUT2D eigenvalue weighted by molar-refractivity contribution is -0.122. The van der Waals surface area contributed by atoms with Crippen LogP contribution in [0.3, 0.4) is 0 Å². The molecule has 0 atom stereocenters. The van der Waals surface area contributed by atoms with Crippen LogP contribution in [0, 0.1) is 0 Å². The van der Waals surface area contributed by atoms with E-state index in [0.29, 0.717) is 0 Å². The number of rotatable bonds is 6. The quantitative estimate of drug-likeness (QED) is 0.617. The molecule has 4 heteroatoms. The molecular formula is C10H18N2O2. The van der Waals surface area contributed by atoms with Gasteiger partial charge in [-0.2, -0.15) is 0 Å². The van der Waals surface area contributed by atoms with Crippen molar-refractivity contribution in [1.82, 2.24) is 5.32 Å². The molecule has 0 radical (unpaired) electrons. The van der Waals surface area contributed by atoms with Gasteiger partial charge in [0.25, 0.3) is 0 Å². The first kappa shape index (κ1) is 12.7. The van der Waals surface area contributed by atoms with Gasteiger partial charge in [0, 0.05) is 5.57 Å². The van der Waals surface area contributed by atoms with Gasteiger partial charge in [0.05, 0.1) is 6.54 Å². The van der Waals surface area contributed by atoms with Crippen molar-refractivity contribution in [3.8, 4) is 0 Å². The van der Waals surface area contributed by atoms with E-state index in [-0.39, 0.29) is 12.5 Å². The fraction of sp³-hybridized carbons (Fsp3) is 0.600. The molecule has 0 aliphatic rings. The highest BCUT2D eigenvalue weighted by Gasteiger charge is 2.07. The Bertz CT molecular complexity index is 234. The monoisotopic (exact) mass is 198 g/mol. The normalized spacial score (nSPS) is 11.1. The van der Waals surface area contributed by atoms with Gasteiger partial charge in [0.15, 0.2) is 0 Å². The molecular weight excluding hydrogens is 180 g/mol. The summed E-state index contributed by atoms with van der Waals surface area (Å²) >= 11 is 0. The molecule has 0 aromatic carbocycles. The van der Waals surface area contributed by atoms with E-state index < -0.39 is 5.91 Å². The van der Waals surface area contributed by atoms with Gasteiger partial charge < -0.3 is 11.1 Å². The van der Waals surface area contributed by atoms with Gasteiger partial charge in [0.1, 0.15) is 0 Å². The molecule has 0 aromatic heterocycles. The predicted molar refractivity (Wildman–Crippen MR) is 55.5 cm³/mol.